The van der Waals surface area contributed by atoms with Crippen LogP contribution in [0.4, 0.5) is 35.1 Å². The molecule has 0 atom stereocenters. The van der Waals surface area contributed by atoms with E-state index >= 15 is 0 Å². The molecule has 9 heteroatoms. The van der Waals surface area contributed by atoms with Gasteiger partial charge < -0.3 is 4.74 Å². The largest absolute Gasteiger partial charge is 0.433 e. The zero-order chi connectivity index (χ0) is 15.4. The number of benzene rings is 1. The van der Waals surface area contributed by atoms with Gasteiger partial charge in [-0.1, -0.05) is 0 Å². The minimum Gasteiger partial charge on any atom is -0.433 e. The van der Waals surface area contributed by atoms with Gasteiger partial charge in [-0.25, -0.2) is 17.6 Å². The fraction of sp³-hybridized carbons (Fsp3) is 0.0909. The molecule has 1 aromatic rings. The molecule has 0 bridgehead atoms. The highest BCUT2D eigenvalue weighted by molar-refractivity contribution is 5.75. The summed E-state index contributed by atoms with van der Waals surface area (Å²) in [4.78, 5) is 0. The summed E-state index contributed by atoms with van der Waals surface area (Å²) in [5.41, 5.74) is -2.73. The van der Waals surface area contributed by atoms with Gasteiger partial charge >= 0.3 is 12.7 Å². The SMILES string of the molecule is F/C=C(/F)c1cc(F)cc(C(F)=C(F)F)c1OC(F)F. The zero-order valence-corrected chi connectivity index (χ0v) is 9.24. The first kappa shape index (κ1) is 16.0. The summed E-state index contributed by atoms with van der Waals surface area (Å²) in [6.07, 6.45) is -3.71. The Bertz CT molecular complexity index is 560. The number of halogens is 8. The Morgan fingerprint density at radius 3 is 2.05 bits per heavy atom. The Morgan fingerprint density at radius 1 is 1.05 bits per heavy atom. The van der Waals surface area contributed by atoms with E-state index in [-0.39, 0.29) is 12.1 Å². The summed E-state index contributed by atoms with van der Waals surface area (Å²) in [5, 5.41) is 0. The van der Waals surface area contributed by atoms with Crippen molar-refractivity contribution < 1.29 is 39.9 Å². The van der Waals surface area contributed by atoms with Crippen LogP contribution in [-0.2, 0) is 0 Å². The van der Waals surface area contributed by atoms with Crippen molar-refractivity contribution in [3.8, 4) is 5.75 Å². The summed E-state index contributed by atoms with van der Waals surface area (Å²) in [5.74, 6) is -7.19. The molecule has 0 aromatic heterocycles. The maximum Gasteiger partial charge on any atom is 0.387 e. The zero-order valence-electron chi connectivity index (χ0n) is 9.24. The molecule has 0 unspecified atom stereocenters. The van der Waals surface area contributed by atoms with Crippen molar-refractivity contribution in [1.29, 1.82) is 0 Å². The lowest BCUT2D eigenvalue weighted by atomic mass is 10.1. The van der Waals surface area contributed by atoms with Crippen molar-refractivity contribution in [3.63, 3.8) is 0 Å². The molecule has 1 nitrogen and oxygen atoms in total. The highest BCUT2D eigenvalue weighted by Crippen LogP contribution is 2.38. The molecular formula is C11H4F8O. The van der Waals surface area contributed by atoms with Crippen LogP contribution in [0.5, 0.6) is 5.75 Å². The lowest BCUT2D eigenvalue weighted by molar-refractivity contribution is -0.0504. The Balaban J connectivity index is 3.65. The van der Waals surface area contributed by atoms with Gasteiger partial charge in [-0.05, 0) is 12.1 Å². The van der Waals surface area contributed by atoms with Gasteiger partial charge in [0.25, 0.3) is 0 Å². The highest BCUT2D eigenvalue weighted by Gasteiger charge is 2.24. The molecule has 0 saturated heterocycles. The topological polar surface area (TPSA) is 9.23 Å². The maximum absolute atomic E-state index is 13.1. The Hall–Kier alpha value is -2.06. The molecule has 0 amide bonds. The van der Waals surface area contributed by atoms with Gasteiger partial charge in [-0.2, -0.15) is 17.6 Å². The predicted molar refractivity (Wildman–Crippen MR) is 53.5 cm³/mol. The average Bonchev–Trinajstić information content (AvgIpc) is 2.37. The van der Waals surface area contributed by atoms with Crippen LogP contribution < -0.4 is 4.74 Å². The quantitative estimate of drug-likeness (QED) is 0.695. The van der Waals surface area contributed by atoms with Gasteiger partial charge in [0.05, 0.1) is 11.1 Å². The minimum absolute atomic E-state index is 0.0845. The first-order valence-corrected chi connectivity index (χ1v) is 4.73. The van der Waals surface area contributed by atoms with E-state index in [1.165, 1.54) is 0 Å². The smallest absolute Gasteiger partial charge is 0.387 e. The Morgan fingerprint density at radius 2 is 1.60 bits per heavy atom. The van der Waals surface area contributed by atoms with Crippen molar-refractivity contribution in [2.24, 2.45) is 0 Å². The van der Waals surface area contributed by atoms with Crippen molar-refractivity contribution in [1.82, 2.24) is 0 Å². The summed E-state index contributed by atoms with van der Waals surface area (Å²) in [6, 6.07) is 0.275. The van der Waals surface area contributed by atoms with Crippen molar-refractivity contribution in [3.05, 3.63) is 41.5 Å². The Labute approximate surface area is 106 Å². The minimum atomic E-state index is -3.65. The lowest BCUT2D eigenvalue weighted by Gasteiger charge is -2.13. The number of hydrogen-bond acceptors (Lipinski definition) is 1. The predicted octanol–water partition coefficient (Wildman–Crippen LogP) is 5.20. The van der Waals surface area contributed by atoms with Crippen molar-refractivity contribution >= 4 is 11.7 Å². The van der Waals surface area contributed by atoms with E-state index in [4.69, 9.17) is 0 Å². The molecule has 0 fully saturated rings. The van der Waals surface area contributed by atoms with E-state index in [1.54, 1.807) is 0 Å². The van der Waals surface area contributed by atoms with Crippen molar-refractivity contribution in [2.45, 2.75) is 6.61 Å². The standard InChI is InChI=1S/C11H4F8O/c12-3-7(14)5-1-4(13)2-6(8(15)10(16)17)9(5)20-11(18)19/h1-3,11H/b7-3+. The highest BCUT2D eigenvalue weighted by atomic mass is 19.3. The molecule has 20 heavy (non-hydrogen) atoms. The van der Waals surface area contributed by atoms with Gasteiger partial charge in [-0.15, -0.1) is 0 Å². The van der Waals surface area contributed by atoms with Crippen molar-refractivity contribution in [2.75, 3.05) is 0 Å². The van der Waals surface area contributed by atoms with Gasteiger partial charge in [-0.3, -0.25) is 0 Å². The molecule has 1 rings (SSSR count). The van der Waals surface area contributed by atoms with E-state index in [2.05, 4.69) is 4.74 Å². The van der Waals surface area contributed by atoms with Crippen LogP contribution >= 0.6 is 0 Å². The molecule has 0 aliphatic rings. The van der Waals surface area contributed by atoms with Crippen LogP contribution in [0.2, 0.25) is 0 Å². The molecule has 0 radical (unpaired) electrons. The van der Waals surface area contributed by atoms with E-state index in [9.17, 15) is 35.1 Å². The summed E-state index contributed by atoms with van der Waals surface area (Å²) >= 11 is 0. The summed E-state index contributed by atoms with van der Waals surface area (Å²) in [7, 11) is 0. The van der Waals surface area contributed by atoms with Gasteiger partial charge in [0.1, 0.15) is 17.9 Å². The fourth-order valence-electron chi connectivity index (χ4n) is 1.31. The second-order valence-corrected chi connectivity index (χ2v) is 3.24. The third-order valence-electron chi connectivity index (χ3n) is 2.02. The second-order valence-electron chi connectivity index (χ2n) is 3.24. The first-order chi connectivity index (χ1) is 9.27. The first-order valence-electron chi connectivity index (χ1n) is 4.73. The van der Waals surface area contributed by atoms with Gasteiger partial charge in [0.2, 0.25) is 0 Å². The van der Waals surface area contributed by atoms with Crippen LogP contribution in [0.25, 0.3) is 11.7 Å². The van der Waals surface area contributed by atoms with Crippen LogP contribution in [0.1, 0.15) is 11.1 Å². The molecule has 0 aliphatic heterocycles. The van der Waals surface area contributed by atoms with Gasteiger partial charge in [0.15, 0.2) is 11.7 Å². The van der Waals surface area contributed by atoms with Crippen LogP contribution in [0.3, 0.4) is 0 Å². The summed E-state index contributed by atoms with van der Waals surface area (Å²) in [6.45, 7) is -3.65. The maximum atomic E-state index is 13.1. The molecular weight excluding hydrogens is 300 g/mol. The van der Waals surface area contributed by atoms with Crippen LogP contribution in [0, 0.1) is 5.82 Å². The van der Waals surface area contributed by atoms with E-state index in [0.717, 1.165) is 0 Å². The third-order valence-corrected chi connectivity index (χ3v) is 2.02. The monoisotopic (exact) mass is 304 g/mol. The molecule has 0 heterocycles. The number of alkyl halides is 2. The summed E-state index contributed by atoms with van der Waals surface area (Å²) < 4.78 is 104. The molecule has 0 aliphatic carbocycles. The third kappa shape index (κ3) is 3.49. The number of ether oxygens (including phenoxy) is 1. The number of hydrogen-bond donors (Lipinski definition) is 0. The molecule has 1 aromatic carbocycles. The van der Waals surface area contributed by atoms with Crippen LogP contribution in [-0.4, -0.2) is 6.61 Å². The second kappa shape index (κ2) is 6.40. The molecule has 0 saturated carbocycles. The van der Waals surface area contributed by atoms with E-state index in [1.807, 2.05) is 0 Å². The Kier molecular flexibility index (Phi) is 5.12. The molecule has 110 valence electrons. The molecule has 0 N–H and O–H groups in total. The average molecular weight is 304 g/mol. The number of rotatable bonds is 4. The molecule has 0 spiro atoms. The van der Waals surface area contributed by atoms with E-state index < -0.39 is 53.4 Å². The van der Waals surface area contributed by atoms with Crippen LogP contribution in [0.15, 0.2) is 24.5 Å². The van der Waals surface area contributed by atoms with E-state index in [0.29, 0.717) is 0 Å². The lowest BCUT2D eigenvalue weighted by Crippen LogP contribution is -2.07. The van der Waals surface area contributed by atoms with Gasteiger partial charge in [0, 0.05) is 0 Å². The normalized spacial score (nSPS) is 11.8. The fourth-order valence-corrected chi connectivity index (χ4v) is 1.31.